The van der Waals surface area contributed by atoms with Crippen LogP contribution in [0.4, 0.5) is 35.1 Å². The fourth-order valence-corrected chi connectivity index (χ4v) is 4.63. The third-order valence-corrected chi connectivity index (χ3v) is 6.30. The zero-order valence-corrected chi connectivity index (χ0v) is 19.3. The van der Waals surface area contributed by atoms with Gasteiger partial charge in [-0.15, -0.1) is 0 Å². The molecule has 3 rings (SSSR count). The van der Waals surface area contributed by atoms with Gasteiger partial charge in [0.2, 0.25) is 5.82 Å². The topological polar surface area (TPSA) is 18.5 Å². The maximum absolute atomic E-state index is 15.1. The van der Waals surface area contributed by atoms with E-state index in [1.807, 2.05) is 6.92 Å². The maximum Gasteiger partial charge on any atom is 0.429 e. The zero-order chi connectivity index (χ0) is 26.0. The van der Waals surface area contributed by atoms with Gasteiger partial charge in [0, 0.05) is 0 Å². The van der Waals surface area contributed by atoms with Gasteiger partial charge in [0.15, 0.2) is 11.6 Å². The van der Waals surface area contributed by atoms with Crippen LogP contribution in [0.15, 0.2) is 24.3 Å². The Labute approximate surface area is 198 Å². The van der Waals surface area contributed by atoms with Gasteiger partial charge in [0.25, 0.3) is 0 Å². The van der Waals surface area contributed by atoms with Crippen LogP contribution in [-0.4, -0.2) is 6.61 Å². The van der Waals surface area contributed by atoms with Crippen LogP contribution >= 0.6 is 0 Å². The molecule has 2 aromatic carbocycles. The van der Waals surface area contributed by atoms with Gasteiger partial charge < -0.3 is 9.47 Å². The molecule has 0 bridgehead atoms. The summed E-state index contributed by atoms with van der Waals surface area (Å²) in [5.74, 6) is -7.72. The van der Waals surface area contributed by atoms with E-state index in [1.54, 1.807) is 0 Å². The van der Waals surface area contributed by atoms with Gasteiger partial charge in [-0.05, 0) is 68.2 Å². The van der Waals surface area contributed by atoms with Gasteiger partial charge in [-0.25, -0.2) is 8.78 Å². The first kappa shape index (κ1) is 27.1. The summed E-state index contributed by atoms with van der Waals surface area (Å²) in [6.07, 6.45) is -5.72. The second-order valence-corrected chi connectivity index (χ2v) is 8.64. The van der Waals surface area contributed by atoms with Gasteiger partial charge in [-0.2, -0.15) is 26.3 Å². The molecule has 10 heteroatoms. The summed E-state index contributed by atoms with van der Waals surface area (Å²) in [4.78, 5) is 0. The monoisotopic (exact) mass is 510 g/mol. The number of halogens is 8. The highest BCUT2D eigenvalue weighted by Gasteiger charge is 2.45. The lowest BCUT2D eigenvalue weighted by atomic mass is 9.77. The number of alkyl halides is 5. The highest BCUT2D eigenvalue weighted by molar-refractivity contribution is 5.43. The number of ether oxygens (including phenoxy) is 2. The SMILES string of the molecule is CCCC1CCC(c2ccc(OC(F)(F)c3ccc(OCC)c(F)c3F)c(C(F)(F)F)c2F)CC1. The van der Waals surface area contributed by atoms with Crippen molar-refractivity contribution in [1.29, 1.82) is 0 Å². The minimum Gasteiger partial charge on any atom is -0.491 e. The summed E-state index contributed by atoms with van der Waals surface area (Å²) in [7, 11) is 0. The van der Waals surface area contributed by atoms with Crippen LogP contribution in [0.25, 0.3) is 0 Å². The van der Waals surface area contributed by atoms with E-state index in [-0.39, 0.29) is 12.2 Å². The van der Waals surface area contributed by atoms with Crippen molar-refractivity contribution >= 4 is 0 Å². The van der Waals surface area contributed by atoms with Crippen molar-refractivity contribution in [2.24, 2.45) is 5.92 Å². The molecule has 0 saturated heterocycles. The molecule has 0 unspecified atom stereocenters. The average molecular weight is 510 g/mol. The number of hydrogen-bond acceptors (Lipinski definition) is 2. The summed E-state index contributed by atoms with van der Waals surface area (Å²) in [5, 5.41) is 0. The van der Waals surface area contributed by atoms with Gasteiger partial charge in [-0.3, -0.25) is 0 Å². The third-order valence-electron chi connectivity index (χ3n) is 6.30. The number of rotatable bonds is 8. The minimum absolute atomic E-state index is 0.0799. The molecule has 2 nitrogen and oxygen atoms in total. The molecule has 0 amide bonds. The molecular formula is C25H26F8O2. The van der Waals surface area contributed by atoms with Gasteiger partial charge >= 0.3 is 12.3 Å². The van der Waals surface area contributed by atoms with Crippen molar-refractivity contribution in [1.82, 2.24) is 0 Å². The summed E-state index contributed by atoms with van der Waals surface area (Å²) in [5.41, 5.74) is -3.87. The lowest BCUT2D eigenvalue weighted by molar-refractivity contribution is -0.194. The van der Waals surface area contributed by atoms with E-state index in [2.05, 4.69) is 4.74 Å². The first-order valence-corrected chi connectivity index (χ1v) is 11.5. The summed E-state index contributed by atoms with van der Waals surface area (Å²) < 4.78 is 123. The van der Waals surface area contributed by atoms with Crippen LogP contribution in [-0.2, 0) is 12.3 Å². The van der Waals surface area contributed by atoms with Crippen LogP contribution in [0.3, 0.4) is 0 Å². The van der Waals surface area contributed by atoms with E-state index in [4.69, 9.17) is 4.74 Å². The van der Waals surface area contributed by atoms with Crippen LogP contribution in [0, 0.1) is 23.4 Å². The molecule has 0 aliphatic heterocycles. The van der Waals surface area contributed by atoms with Crippen LogP contribution in [0.2, 0.25) is 0 Å². The smallest absolute Gasteiger partial charge is 0.429 e. The Morgan fingerprint density at radius 2 is 1.43 bits per heavy atom. The van der Waals surface area contributed by atoms with E-state index in [9.17, 15) is 30.7 Å². The van der Waals surface area contributed by atoms with Gasteiger partial charge in [0.1, 0.15) is 22.7 Å². The Morgan fingerprint density at radius 3 is 2.00 bits per heavy atom. The van der Waals surface area contributed by atoms with Crippen molar-refractivity contribution in [2.45, 2.75) is 70.6 Å². The van der Waals surface area contributed by atoms with Crippen molar-refractivity contribution in [3.05, 3.63) is 58.4 Å². The Kier molecular flexibility index (Phi) is 8.21. The Bertz CT molecular complexity index is 1030. The fourth-order valence-electron chi connectivity index (χ4n) is 4.63. The van der Waals surface area contributed by atoms with E-state index in [0.29, 0.717) is 37.0 Å². The van der Waals surface area contributed by atoms with Gasteiger partial charge in [0.05, 0.1) is 6.61 Å². The molecule has 0 radical (unpaired) electrons. The maximum atomic E-state index is 15.1. The summed E-state index contributed by atoms with van der Waals surface area (Å²) in [6.45, 7) is 3.41. The minimum atomic E-state index is -5.37. The molecule has 194 valence electrons. The van der Waals surface area contributed by atoms with Crippen LogP contribution in [0.1, 0.15) is 75.0 Å². The highest BCUT2D eigenvalue weighted by atomic mass is 19.4. The highest BCUT2D eigenvalue weighted by Crippen LogP contribution is 2.46. The molecule has 0 N–H and O–H groups in total. The van der Waals surface area contributed by atoms with Crippen molar-refractivity contribution in [3.8, 4) is 11.5 Å². The Hall–Kier alpha value is -2.52. The number of benzene rings is 2. The first-order valence-electron chi connectivity index (χ1n) is 11.5. The Balaban J connectivity index is 1.95. The quantitative estimate of drug-likeness (QED) is 0.331. The second-order valence-electron chi connectivity index (χ2n) is 8.64. The lowest BCUT2D eigenvalue weighted by Gasteiger charge is -2.30. The predicted octanol–water partition coefficient (Wildman–Crippen LogP) is 8.72. The van der Waals surface area contributed by atoms with Gasteiger partial charge in [-0.1, -0.05) is 25.8 Å². The fraction of sp³-hybridized carbons (Fsp3) is 0.520. The molecule has 0 aromatic heterocycles. The zero-order valence-electron chi connectivity index (χ0n) is 19.3. The normalized spacial score (nSPS) is 19.0. The lowest BCUT2D eigenvalue weighted by Crippen LogP contribution is -2.26. The second kappa shape index (κ2) is 10.6. The van der Waals surface area contributed by atoms with Crippen molar-refractivity contribution in [2.75, 3.05) is 6.61 Å². The number of hydrogen-bond donors (Lipinski definition) is 0. The molecule has 1 aliphatic carbocycles. The average Bonchev–Trinajstić information content (AvgIpc) is 2.77. The molecule has 35 heavy (non-hydrogen) atoms. The molecule has 1 saturated carbocycles. The molecule has 0 atom stereocenters. The Morgan fingerprint density at radius 1 is 0.800 bits per heavy atom. The third kappa shape index (κ3) is 5.83. The van der Waals surface area contributed by atoms with E-state index in [1.165, 1.54) is 6.92 Å². The molecule has 1 fully saturated rings. The van der Waals surface area contributed by atoms with Crippen molar-refractivity contribution in [3.63, 3.8) is 0 Å². The van der Waals surface area contributed by atoms with Crippen molar-refractivity contribution < 1.29 is 44.6 Å². The predicted molar refractivity (Wildman–Crippen MR) is 113 cm³/mol. The van der Waals surface area contributed by atoms with E-state index in [0.717, 1.165) is 31.7 Å². The standard InChI is InChI=1S/C25H26F8O2/c1-3-5-14-6-8-15(9-7-14)16-10-12-18(20(21(16)26)24(29,30)31)35-25(32,33)17-11-13-19(34-4-2)23(28)22(17)27/h10-15H,3-9H2,1-2H3. The molecule has 2 aromatic rings. The summed E-state index contributed by atoms with van der Waals surface area (Å²) >= 11 is 0. The first-order chi connectivity index (χ1) is 16.4. The van der Waals surface area contributed by atoms with Crippen LogP contribution < -0.4 is 9.47 Å². The van der Waals surface area contributed by atoms with E-state index >= 15 is 4.39 Å². The largest absolute Gasteiger partial charge is 0.491 e. The van der Waals surface area contributed by atoms with E-state index < -0.39 is 58.3 Å². The molecule has 0 heterocycles. The van der Waals surface area contributed by atoms with Crippen LogP contribution in [0.5, 0.6) is 11.5 Å². The summed E-state index contributed by atoms with van der Waals surface area (Å²) in [6, 6.07) is 2.75. The molecular weight excluding hydrogens is 484 g/mol. The molecule has 1 aliphatic rings. The molecule has 0 spiro atoms.